The van der Waals surface area contributed by atoms with Crippen molar-refractivity contribution in [3.63, 3.8) is 0 Å². The van der Waals surface area contributed by atoms with Gasteiger partial charge in [-0.15, -0.1) is 0 Å². The van der Waals surface area contributed by atoms with Gasteiger partial charge in [0.1, 0.15) is 5.82 Å². The zero-order chi connectivity index (χ0) is 17.1. The first-order valence-electron chi connectivity index (χ1n) is 8.12. The van der Waals surface area contributed by atoms with Crippen LogP contribution in [0, 0.1) is 11.7 Å². The summed E-state index contributed by atoms with van der Waals surface area (Å²) >= 11 is 0. The predicted molar refractivity (Wildman–Crippen MR) is 86.6 cm³/mol. The van der Waals surface area contributed by atoms with Crippen LogP contribution in [0.4, 0.5) is 4.39 Å². The number of amides is 1. The molecule has 2 rings (SSSR count). The molecule has 128 valence electrons. The van der Waals surface area contributed by atoms with Gasteiger partial charge in [0.2, 0.25) is 5.91 Å². The molecule has 1 aliphatic rings. The lowest BCUT2D eigenvalue weighted by molar-refractivity contribution is -0.132. The molecule has 1 aliphatic heterocycles. The molecule has 1 atom stereocenters. The van der Waals surface area contributed by atoms with Gasteiger partial charge in [-0.3, -0.25) is 4.79 Å². The van der Waals surface area contributed by atoms with Crippen molar-refractivity contribution < 1.29 is 19.0 Å². The molecule has 0 saturated carbocycles. The van der Waals surface area contributed by atoms with Gasteiger partial charge in [-0.1, -0.05) is 26.0 Å². The van der Waals surface area contributed by atoms with Crippen molar-refractivity contribution in [2.75, 3.05) is 19.8 Å². The molecular weight excluding hydrogens is 297 g/mol. The maximum Gasteiger partial charge on any atom is 0.230 e. The fourth-order valence-electron chi connectivity index (χ4n) is 2.79. The fraction of sp³-hybridized carbons (Fsp3) is 0.611. The second-order valence-corrected chi connectivity index (χ2v) is 6.90. The van der Waals surface area contributed by atoms with E-state index in [1.807, 2.05) is 13.8 Å². The van der Waals surface area contributed by atoms with Crippen LogP contribution in [0.1, 0.15) is 39.2 Å². The zero-order valence-corrected chi connectivity index (χ0v) is 14.1. The van der Waals surface area contributed by atoms with Crippen LogP contribution >= 0.6 is 0 Å². The number of benzene rings is 1. The number of hydrogen-bond acceptors (Lipinski definition) is 3. The SMILES string of the molecule is CC(C)C(C)(O)CNC(=O)C1(c2cccc(F)c2)CCOCC1. The lowest BCUT2D eigenvalue weighted by Crippen LogP contribution is -2.52. The van der Waals surface area contributed by atoms with Gasteiger partial charge in [0, 0.05) is 19.8 Å². The topological polar surface area (TPSA) is 58.6 Å². The van der Waals surface area contributed by atoms with Gasteiger partial charge < -0.3 is 15.2 Å². The van der Waals surface area contributed by atoms with E-state index >= 15 is 0 Å². The molecule has 0 aliphatic carbocycles. The second kappa shape index (κ2) is 6.97. The van der Waals surface area contributed by atoms with E-state index in [2.05, 4.69) is 5.32 Å². The standard InChI is InChI=1S/C18H26FNO3/c1-13(2)17(3,22)12-20-16(21)18(7-9-23-10-8-18)14-5-4-6-15(19)11-14/h4-6,11,13,22H,7-10,12H2,1-3H3,(H,20,21). The maximum atomic E-state index is 13.6. The Balaban J connectivity index is 2.23. The van der Waals surface area contributed by atoms with E-state index in [1.165, 1.54) is 12.1 Å². The molecule has 0 aromatic heterocycles. The van der Waals surface area contributed by atoms with Crippen molar-refractivity contribution in [3.05, 3.63) is 35.6 Å². The van der Waals surface area contributed by atoms with Crippen molar-refractivity contribution in [3.8, 4) is 0 Å². The molecule has 1 saturated heterocycles. The summed E-state index contributed by atoms with van der Waals surface area (Å²) in [6.45, 7) is 6.61. The van der Waals surface area contributed by atoms with E-state index in [0.29, 0.717) is 31.6 Å². The van der Waals surface area contributed by atoms with Gasteiger partial charge in [0.15, 0.2) is 0 Å². The Morgan fingerprint density at radius 3 is 2.65 bits per heavy atom. The summed E-state index contributed by atoms with van der Waals surface area (Å²) in [5.74, 6) is -0.509. The van der Waals surface area contributed by atoms with E-state index < -0.39 is 11.0 Å². The highest BCUT2D eigenvalue weighted by Crippen LogP contribution is 2.35. The van der Waals surface area contributed by atoms with Crippen LogP contribution in [0.25, 0.3) is 0 Å². The molecule has 1 amide bonds. The van der Waals surface area contributed by atoms with Gasteiger partial charge in [0.05, 0.1) is 11.0 Å². The Hall–Kier alpha value is -1.46. The van der Waals surface area contributed by atoms with Crippen LogP contribution in [-0.4, -0.2) is 36.4 Å². The highest BCUT2D eigenvalue weighted by Gasteiger charge is 2.42. The Morgan fingerprint density at radius 1 is 1.43 bits per heavy atom. The number of ether oxygens (including phenoxy) is 1. The quantitative estimate of drug-likeness (QED) is 0.875. The molecule has 1 fully saturated rings. The van der Waals surface area contributed by atoms with E-state index in [9.17, 15) is 14.3 Å². The minimum Gasteiger partial charge on any atom is -0.388 e. The summed E-state index contributed by atoms with van der Waals surface area (Å²) in [7, 11) is 0. The summed E-state index contributed by atoms with van der Waals surface area (Å²) < 4.78 is 19.0. The number of aliphatic hydroxyl groups is 1. The number of halogens is 1. The monoisotopic (exact) mass is 323 g/mol. The third-order valence-electron chi connectivity index (χ3n) is 5.01. The Morgan fingerprint density at radius 2 is 2.09 bits per heavy atom. The summed E-state index contributed by atoms with van der Waals surface area (Å²) in [5.41, 5.74) is -1.11. The van der Waals surface area contributed by atoms with E-state index in [0.717, 1.165) is 0 Å². The summed E-state index contributed by atoms with van der Waals surface area (Å²) in [6.07, 6.45) is 1.01. The van der Waals surface area contributed by atoms with Crippen LogP contribution in [-0.2, 0) is 14.9 Å². The normalized spacial score (nSPS) is 20.1. The van der Waals surface area contributed by atoms with Gasteiger partial charge in [-0.05, 0) is 43.4 Å². The lowest BCUT2D eigenvalue weighted by atomic mass is 9.73. The molecule has 4 nitrogen and oxygen atoms in total. The first-order valence-corrected chi connectivity index (χ1v) is 8.12. The van der Waals surface area contributed by atoms with Crippen molar-refractivity contribution in [1.29, 1.82) is 0 Å². The first-order chi connectivity index (χ1) is 10.8. The van der Waals surface area contributed by atoms with E-state index in [-0.39, 0.29) is 24.2 Å². The molecule has 1 heterocycles. The average Bonchev–Trinajstić information content (AvgIpc) is 2.53. The smallest absolute Gasteiger partial charge is 0.230 e. The van der Waals surface area contributed by atoms with Crippen molar-refractivity contribution in [2.45, 2.75) is 44.6 Å². The van der Waals surface area contributed by atoms with Gasteiger partial charge in [-0.25, -0.2) is 4.39 Å². The molecule has 23 heavy (non-hydrogen) atoms. The highest BCUT2D eigenvalue weighted by atomic mass is 19.1. The molecule has 0 bridgehead atoms. The number of hydrogen-bond donors (Lipinski definition) is 2. The van der Waals surface area contributed by atoms with Crippen LogP contribution < -0.4 is 5.32 Å². The minimum atomic E-state index is -0.982. The number of rotatable bonds is 5. The zero-order valence-electron chi connectivity index (χ0n) is 14.1. The van der Waals surface area contributed by atoms with Crippen LogP contribution in [0.3, 0.4) is 0 Å². The van der Waals surface area contributed by atoms with Crippen LogP contribution in [0.5, 0.6) is 0 Å². The average molecular weight is 323 g/mol. The molecule has 0 spiro atoms. The van der Waals surface area contributed by atoms with E-state index in [4.69, 9.17) is 4.74 Å². The molecule has 1 unspecified atom stereocenters. The summed E-state index contributed by atoms with van der Waals surface area (Å²) in [5, 5.41) is 13.2. The molecule has 0 radical (unpaired) electrons. The van der Waals surface area contributed by atoms with Crippen molar-refractivity contribution in [1.82, 2.24) is 5.32 Å². The molecule has 2 N–H and O–H groups in total. The molecule has 1 aromatic carbocycles. The number of nitrogens with one attached hydrogen (secondary N) is 1. The summed E-state index contributed by atoms with van der Waals surface area (Å²) in [6, 6.07) is 6.21. The second-order valence-electron chi connectivity index (χ2n) is 6.90. The number of carbonyl (C=O) groups is 1. The Kier molecular flexibility index (Phi) is 5.42. The number of carbonyl (C=O) groups excluding carboxylic acids is 1. The highest BCUT2D eigenvalue weighted by molar-refractivity contribution is 5.88. The van der Waals surface area contributed by atoms with E-state index in [1.54, 1.807) is 19.1 Å². The third-order valence-corrected chi connectivity index (χ3v) is 5.01. The van der Waals surface area contributed by atoms with Gasteiger partial charge in [-0.2, -0.15) is 0 Å². The predicted octanol–water partition coefficient (Wildman–Crippen LogP) is 2.40. The van der Waals surface area contributed by atoms with Gasteiger partial charge in [0.25, 0.3) is 0 Å². The lowest BCUT2D eigenvalue weighted by Gasteiger charge is -2.37. The molecule has 1 aromatic rings. The van der Waals surface area contributed by atoms with Crippen LogP contribution in [0.2, 0.25) is 0 Å². The largest absolute Gasteiger partial charge is 0.388 e. The van der Waals surface area contributed by atoms with Crippen molar-refractivity contribution in [2.24, 2.45) is 5.92 Å². The third kappa shape index (κ3) is 3.90. The minimum absolute atomic E-state index is 0.0163. The summed E-state index contributed by atoms with van der Waals surface area (Å²) in [4.78, 5) is 12.9. The Labute approximate surface area is 137 Å². The fourth-order valence-corrected chi connectivity index (χ4v) is 2.79. The molecule has 5 heteroatoms. The van der Waals surface area contributed by atoms with Crippen molar-refractivity contribution >= 4 is 5.91 Å². The first kappa shape index (κ1) is 17.9. The molecular formula is C18H26FNO3. The maximum absolute atomic E-state index is 13.6. The van der Waals surface area contributed by atoms with Crippen LogP contribution in [0.15, 0.2) is 24.3 Å². The Bertz CT molecular complexity index is 551. The van der Waals surface area contributed by atoms with Gasteiger partial charge >= 0.3 is 0 Å².